The Morgan fingerprint density at radius 2 is 1.61 bits per heavy atom. The van der Waals surface area contributed by atoms with Crippen LogP contribution in [0.25, 0.3) is 11.4 Å². The smallest absolute Gasteiger partial charge is 0.409 e. The van der Waals surface area contributed by atoms with Crippen LogP contribution in [0.3, 0.4) is 0 Å². The van der Waals surface area contributed by atoms with Crippen molar-refractivity contribution in [3.05, 3.63) is 77.5 Å². The van der Waals surface area contributed by atoms with E-state index >= 15 is 0 Å². The molecule has 2 saturated heterocycles. The van der Waals surface area contributed by atoms with Gasteiger partial charge in [0.15, 0.2) is 5.82 Å². The Balaban J connectivity index is 1.41. The van der Waals surface area contributed by atoms with Gasteiger partial charge in [0.25, 0.3) is 5.91 Å². The van der Waals surface area contributed by atoms with Crippen LogP contribution in [0.5, 0.6) is 0 Å². The number of unbranched alkanes of at least 4 members (excludes halogenated alkanes) is 1. The number of nitrogens with zero attached hydrogens (tertiary/aromatic N) is 5. The summed E-state index contributed by atoms with van der Waals surface area (Å²) < 4.78 is 35.0. The molecule has 0 saturated carbocycles. The van der Waals surface area contributed by atoms with Gasteiger partial charge in [0.2, 0.25) is 11.4 Å². The minimum absolute atomic E-state index is 0.0479. The predicted molar refractivity (Wildman–Crippen MR) is 206 cm³/mol. The average Bonchev–Trinajstić information content (AvgIpc) is 3.70. The number of hydrogen-bond donors (Lipinski definition) is 1. The number of carbonyl (C=O) groups excluding carboxylic acids is 3. The number of carbonyl (C=O) groups is 3. The lowest BCUT2D eigenvalue weighted by atomic mass is 10.0. The number of ether oxygens (including phenoxy) is 4. The van der Waals surface area contributed by atoms with Crippen LogP contribution in [0, 0.1) is 0 Å². The van der Waals surface area contributed by atoms with E-state index in [0.29, 0.717) is 63.2 Å². The van der Waals surface area contributed by atoms with Crippen LogP contribution in [0.15, 0.2) is 60.7 Å². The van der Waals surface area contributed by atoms with Crippen LogP contribution in [0.4, 0.5) is 10.6 Å². The lowest BCUT2D eigenvalue weighted by Crippen LogP contribution is -2.56. The first-order chi connectivity index (χ1) is 26.2. The van der Waals surface area contributed by atoms with Gasteiger partial charge >= 0.3 is 6.09 Å². The zero-order chi connectivity index (χ0) is 38.5. The number of nitrogens with one attached hydrogen (secondary N) is 1. The van der Waals surface area contributed by atoms with Crippen LogP contribution in [-0.4, -0.2) is 116 Å². The van der Waals surface area contributed by atoms with Crippen LogP contribution >= 0.6 is 8.46 Å². The molecule has 2 fully saturated rings. The number of piperazine rings is 1. The highest BCUT2D eigenvalue weighted by Crippen LogP contribution is 2.38. The second kappa shape index (κ2) is 19.8. The standard InChI is InChI=1S/C39H53N6O8P/c1-5-8-24-51-38(48)44-22-20-43(21-23-44)37(47)33(25-28-14-16-30(17-15-28)39(54-49,52-6-2)53-7-3)41-36(46)32-26-34(45-19-18-31(27-45)50-4)42-35(40-32)29-12-10-9-11-13-29/h9-17,26,31,33H,5-8,18-25,27,54H2,1-4H3,(H,41,46). The summed E-state index contributed by atoms with van der Waals surface area (Å²) in [5, 5.41) is 3.00. The lowest BCUT2D eigenvalue weighted by molar-refractivity contribution is -0.176. The van der Waals surface area contributed by atoms with Crippen molar-refractivity contribution in [3.63, 3.8) is 0 Å². The van der Waals surface area contributed by atoms with Crippen molar-refractivity contribution < 1.29 is 37.9 Å². The summed E-state index contributed by atoms with van der Waals surface area (Å²) in [4.78, 5) is 55.9. The van der Waals surface area contributed by atoms with Gasteiger partial charge in [-0.25, -0.2) is 14.8 Å². The quantitative estimate of drug-likeness (QED) is 0.115. The summed E-state index contributed by atoms with van der Waals surface area (Å²) in [6.45, 7) is 9.18. The summed E-state index contributed by atoms with van der Waals surface area (Å²) in [7, 11) is 0.218. The van der Waals surface area contributed by atoms with Crippen molar-refractivity contribution in [1.29, 1.82) is 0 Å². The van der Waals surface area contributed by atoms with Gasteiger partial charge in [-0.1, -0.05) is 67.9 Å². The fourth-order valence-corrected chi connectivity index (χ4v) is 7.39. The summed E-state index contributed by atoms with van der Waals surface area (Å²) in [6, 6.07) is 17.3. The monoisotopic (exact) mass is 764 g/mol. The third-order valence-electron chi connectivity index (χ3n) is 9.62. The van der Waals surface area contributed by atoms with E-state index in [4.69, 9.17) is 23.9 Å². The van der Waals surface area contributed by atoms with Crippen LogP contribution < -0.4 is 10.2 Å². The highest BCUT2D eigenvalue weighted by atomic mass is 31.1. The van der Waals surface area contributed by atoms with Crippen LogP contribution in [0.1, 0.15) is 61.6 Å². The Kier molecular flexibility index (Phi) is 15.0. The van der Waals surface area contributed by atoms with Gasteiger partial charge in [-0.2, -0.15) is 0 Å². The Morgan fingerprint density at radius 3 is 2.22 bits per heavy atom. The summed E-state index contributed by atoms with van der Waals surface area (Å²) in [6.07, 6.45) is 2.35. The topological polar surface area (TPSA) is 153 Å². The minimum Gasteiger partial charge on any atom is -0.449 e. The molecule has 0 aliphatic carbocycles. The molecule has 1 N–H and O–H groups in total. The van der Waals surface area contributed by atoms with Gasteiger partial charge in [-0.05, 0) is 32.3 Å². The summed E-state index contributed by atoms with van der Waals surface area (Å²) in [5.74, 6) is 0.190. The molecule has 14 nitrogen and oxygen atoms in total. The number of hydrogen-bond acceptors (Lipinski definition) is 11. The molecular weight excluding hydrogens is 711 g/mol. The third kappa shape index (κ3) is 10.2. The van der Waals surface area contributed by atoms with Gasteiger partial charge in [-0.15, -0.1) is 0 Å². The molecule has 0 spiro atoms. The Bertz CT molecular complexity index is 1700. The largest absolute Gasteiger partial charge is 0.449 e. The molecule has 2 aromatic carbocycles. The maximum Gasteiger partial charge on any atom is 0.409 e. The lowest BCUT2D eigenvalue weighted by Gasteiger charge is -2.36. The van der Waals surface area contributed by atoms with E-state index in [0.717, 1.165) is 30.4 Å². The number of methoxy groups -OCH3 is 1. The molecule has 2 aliphatic heterocycles. The number of aromatic nitrogens is 2. The molecule has 1 aromatic heterocycles. The molecule has 3 aromatic rings. The van der Waals surface area contributed by atoms with E-state index in [2.05, 4.69) is 15.2 Å². The second-order valence-corrected chi connectivity index (χ2v) is 14.2. The van der Waals surface area contributed by atoms with E-state index in [1.54, 1.807) is 35.1 Å². The van der Waals surface area contributed by atoms with E-state index in [1.165, 1.54) is 0 Å². The molecule has 0 bridgehead atoms. The highest BCUT2D eigenvalue weighted by molar-refractivity contribution is 7.24. The van der Waals surface area contributed by atoms with Crippen molar-refractivity contribution >= 4 is 32.2 Å². The number of anilines is 1. The first-order valence-corrected chi connectivity index (χ1v) is 19.9. The molecule has 2 aliphatic rings. The predicted octanol–water partition coefficient (Wildman–Crippen LogP) is 4.73. The maximum absolute atomic E-state index is 14.3. The molecule has 292 valence electrons. The third-order valence-corrected chi connectivity index (χ3v) is 10.6. The summed E-state index contributed by atoms with van der Waals surface area (Å²) in [5.41, 5.74) is 0.902. The SMILES string of the molecule is CCCCOC(=O)N1CCN(C(=O)C(Cc2ccc(C(OCC)(OCC)[PH2]=O)cc2)NC(=O)c2cc(N3CCC(OC)C3)nc(-c3ccccc3)n2)CC1. The Hall–Kier alpha value is -4.36. The van der Waals surface area contributed by atoms with Crippen molar-refractivity contribution in [2.24, 2.45) is 0 Å². The minimum atomic E-state index is -1.47. The molecule has 0 radical (unpaired) electrons. The van der Waals surface area contributed by atoms with E-state index in [1.807, 2.05) is 63.2 Å². The highest BCUT2D eigenvalue weighted by Gasteiger charge is 2.34. The van der Waals surface area contributed by atoms with Gasteiger partial charge < -0.3 is 43.5 Å². The Labute approximate surface area is 318 Å². The molecular formula is C39H53N6O8P. The Morgan fingerprint density at radius 1 is 0.926 bits per heavy atom. The van der Waals surface area contributed by atoms with E-state index in [-0.39, 0.29) is 43.3 Å². The van der Waals surface area contributed by atoms with Crippen molar-refractivity contribution in [3.8, 4) is 11.4 Å². The zero-order valence-electron chi connectivity index (χ0n) is 31.7. The molecule has 3 amide bonds. The zero-order valence-corrected chi connectivity index (χ0v) is 32.9. The van der Waals surface area contributed by atoms with Crippen LogP contribution in [-0.2, 0) is 40.3 Å². The average molecular weight is 765 g/mol. The molecule has 3 unspecified atom stereocenters. The van der Waals surface area contributed by atoms with Gasteiger partial charge in [0.05, 0.1) is 12.7 Å². The normalized spacial score (nSPS) is 16.9. The molecule has 5 rings (SSSR count). The number of rotatable bonds is 17. The van der Waals surface area contributed by atoms with Crippen molar-refractivity contribution in [2.75, 3.05) is 71.1 Å². The fourth-order valence-electron chi connectivity index (χ4n) is 6.60. The van der Waals surface area contributed by atoms with Gasteiger partial charge in [-0.3, -0.25) is 9.59 Å². The fraction of sp³-hybridized carbons (Fsp3) is 0.513. The van der Waals surface area contributed by atoms with Crippen molar-refractivity contribution in [1.82, 2.24) is 25.1 Å². The van der Waals surface area contributed by atoms with Gasteiger partial charge in [0, 0.05) is 83.2 Å². The van der Waals surface area contributed by atoms with E-state index < -0.39 is 25.9 Å². The number of benzene rings is 2. The number of amides is 3. The first kappa shape index (κ1) is 40.8. The summed E-state index contributed by atoms with van der Waals surface area (Å²) >= 11 is 0. The molecule has 15 heteroatoms. The molecule has 54 heavy (non-hydrogen) atoms. The molecule has 3 heterocycles. The van der Waals surface area contributed by atoms with Crippen molar-refractivity contribution in [2.45, 2.75) is 64.1 Å². The maximum atomic E-state index is 14.3. The second-order valence-electron chi connectivity index (χ2n) is 13.3. The molecule has 3 atom stereocenters. The van der Waals surface area contributed by atoms with E-state index in [9.17, 15) is 18.9 Å². The van der Waals surface area contributed by atoms with Gasteiger partial charge in [0.1, 0.15) is 26.0 Å². The van der Waals surface area contributed by atoms with Crippen LogP contribution in [0.2, 0.25) is 0 Å². The first-order valence-electron chi connectivity index (χ1n) is 18.8.